The highest BCUT2D eigenvalue weighted by atomic mass is 127. The molecule has 1 aliphatic rings. The lowest BCUT2D eigenvalue weighted by Gasteiger charge is -2.37. The summed E-state index contributed by atoms with van der Waals surface area (Å²) < 4.78 is 5.42. The monoisotopic (exact) mass is 517 g/mol. The Morgan fingerprint density at radius 1 is 1.17 bits per heavy atom. The molecule has 166 valence electrons. The lowest BCUT2D eigenvalue weighted by molar-refractivity contribution is 0.109. The van der Waals surface area contributed by atoms with Gasteiger partial charge in [-0.05, 0) is 50.9 Å². The van der Waals surface area contributed by atoms with E-state index in [2.05, 4.69) is 66.3 Å². The summed E-state index contributed by atoms with van der Waals surface area (Å²) in [6.45, 7) is 17.0. The van der Waals surface area contributed by atoms with E-state index in [0.29, 0.717) is 6.04 Å². The molecule has 2 N–H and O–H groups in total. The zero-order chi connectivity index (χ0) is 20.4. The van der Waals surface area contributed by atoms with Crippen LogP contribution in [0.4, 0.5) is 0 Å². The summed E-state index contributed by atoms with van der Waals surface area (Å²) in [4.78, 5) is 9.89. The number of rotatable bonds is 9. The number of hydrogen-bond donors (Lipinski definition) is 2. The van der Waals surface area contributed by atoms with Crippen molar-refractivity contribution in [2.24, 2.45) is 4.99 Å². The van der Waals surface area contributed by atoms with E-state index in [0.717, 1.165) is 57.4 Å². The van der Waals surface area contributed by atoms with E-state index in [1.165, 1.54) is 24.2 Å². The molecule has 1 atom stereocenters. The number of hydrogen-bond acceptors (Lipinski definition) is 4. The number of nitrogens with one attached hydrogen (secondary N) is 2. The van der Waals surface area contributed by atoms with Crippen molar-refractivity contribution in [1.29, 1.82) is 0 Å². The Labute approximate surface area is 194 Å². The van der Waals surface area contributed by atoms with E-state index >= 15 is 0 Å². The highest BCUT2D eigenvalue weighted by Gasteiger charge is 2.19. The second-order valence-electron chi connectivity index (χ2n) is 7.52. The molecule has 0 amide bonds. The van der Waals surface area contributed by atoms with Crippen LogP contribution in [-0.4, -0.2) is 81.3 Å². The van der Waals surface area contributed by atoms with E-state index < -0.39 is 0 Å². The maximum absolute atomic E-state index is 5.42. The number of piperazine rings is 1. The first-order chi connectivity index (χ1) is 13.6. The van der Waals surface area contributed by atoms with Gasteiger partial charge in [0, 0.05) is 45.3 Å². The number of methoxy groups -OCH3 is 1. The normalized spacial score (nSPS) is 16.8. The summed E-state index contributed by atoms with van der Waals surface area (Å²) in [6, 6.07) is 6.88. The molecule has 1 fully saturated rings. The number of halogens is 1. The Hall–Kier alpha value is -1.06. The van der Waals surface area contributed by atoms with Crippen molar-refractivity contribution in [3.8, 4) is 5.75 Å². The molecule has 1 heterocycles. The van der Waals surface area contributed by atoms with Gasteiger partial charge in [0.25, 0.3) is 0 Å². The van der Waals surface area contributed by atoms with Crippen molar-refractivity contribution in [2.75, 3.05) is 59.5 Å². The van der Waals surface area contributed by atoms with Gasteiger partial charge in [-0.15, -0.1) is 24.0 Å². The second-order valence-corrected chi connectivity index (χ2v) is 7.52. The highest BCUT2D eigenvalue weighted by Crippen LogP contribution is 2.19. The largest absolute Gasteiger partial charge is 0.496 e. The number of ether oxygens (including phenoxy) is 1. The summed E-state index contributed by atoms with van der Waals surface area (Å²) in [5, 5.41) is 6.83. The van der Waals surface area contributed by atoms with Crippen LogP contribution < -0.4 is 15.4 Å². The molecule has 0 aliphatic carbocycles. The van der Waals surface area contributed by atoms with Gasteiger partial charge in [-0.25, -0.2) is 0 Å². The highest BCUT2D eigenvalue weighted by molar-refractivity contribution is 14.0. The fourth-order valence-corrected chi connectivity index (χ4v) is 3.55. The van der Waals surface area contributed by atoms with Gasteiger partial charge in [0.05, 0.1) is 13.7 Å². The quantitative estimate of drug-likeness (QED) is 0.300. The average molecular weight is 518 g/mol. The first kappa shape index (κ1) is 26.0. The predicted octanol–water partition coefficient (Wildman–Crippen LogP) is 2.75. The fraction of sp³-hybridized carbons (Fsp3) is 0.682. The van der Waals surface area contributed by atoms with Gasteiger partial charge >= 0.3 is 0 Å². The van der Waals surface area contributed by atoms with E-state index in [4.69, 9.17) is 9.73 Å². The predicted molar refractivity (Wildman–Crippen MR) is 134 cm³/mol. The van der Waals surface area contributed by atoms with Gasteiger partial charge in [-0.3, -0.25) is 9.89 Å². The molecule has 1 aromatic carbocycles. The maximum Gasteiger partial charge on any atom is 0.191 e. The van der Waals surface area contributed by atoms with Crippen molar-refractivity contribution >= 4 is 29.9 Å². The molecule has 0 spiro atoms. The Balaban J connectivity index is 0.00000420. The lowest BCUT2D eigenvalue weighted by atomic mass is 10.1. The number of aryl methyl sites for hydroxylation is 1. The van der Waals surface area contributed by atoms with Gasteiger partial charge in [0.1, 0.15) is 5.75 Å². The molecule has 1 aliphatic heterocycles. The van der Waals surface area contributed by atoms with E-state index in [1.54, 1.807) is 7.11 Å². The molecule has 1 saturated heterocycles. The van der Waals surface area contributed by atoms with Crippen LogP contribution in [0, 0.1) is 6.92 Å². The van der Waals surface area contributed by atoms with E-state index in [1.807, 2.05) is 0 Å². The SMILES string of the molecule is CCNC(=NCC(C)N1CCN(CC)CC1)NCCc1ccc(C)c(OC)c1.I. The summed E-state index contributed by atoms with van der Waals surface area (Å²) in [5.41, 5.74) is 2.44. The van der Waals surface area contributed by atoms with Crippen molar-refractivity contribution in [3.63, 3.8) is 0 Å². The van der Waals surface area contributed by atoms with Crippen LogP contribution in [0.1, 0.15) is 31.9 Å². The molecule has 1 aromatic rings. The molecular weight excluding hydrogens is 477 g/mol. The summed E-state index contributed by atoms with van der Waals surface area (Å²) in [5.74, 6) is 1.86. The van der Waals surface area contributed by atoms with Crippen LogP contribution in [0.2, 0.25) is 0 Å². The molecule has 0 saturated carbocycles. The van der Waals surface area contributed by atoms with Gasteiger partial charge in [0.2, 0.25) is 0 Å². The molecule has 0 radical (unpaired) electrons. The molecule has 2 rings (SSSR count). The third-order valence-corrected chi connectivity index (χ3v) is 5.51. The molecule has 0 bridgehead atoms. The van der Waals surface area contributed by atoms with Crippen molar-refractivity contribution in [2.45, 2.75) is 40.2 Å². The molecule has 6 nitrogen and oxygen atoms in total. The number of guanidine groups is 1. The standard InChI is InChI=1S/C22H39N5O.HI/c1-6-23-22(24-11-10-20-9-8-18(3)21(16-20)28-5)25-17-19(4)27-14-12-26(7-2)13-15-27;/h8-9,16,19H,6-7,10-15,17H2,1-5H3,(H2,23,24,25);1H. The lowest BCUT2D eigenvalue weighted by Crippen LogP contribution is -2.50. The smallest absolute Gasteiger partial charge is 0.191 e. The first-order valence-electron chi connectivity index (χ1n) is 10.7. The maximum atomic E-state index is 5.42. The van der Waals surface area contributed by atoms with Gasteiger partial charge < -0.3 is 20.3 Å². The minimum Gasteiger partial charge on any atom is -0.496 e. The van der Waals surface area contributed by atoms with E-state index in [-0.39, 0.29) is 24.0 Å². The van der Waals surface area contributed by atoms with Crippen LogP contribution in [0.3, 0.4) is 0 Å². The Bertz CT molecular complexity index is 617. The molecule has 1 unspecified atom stereocenters. The van der Waals surface area contributed by atoms with Crippen LogP contribution in [-0.2, 0) is 6.42 Å². The van der Waals surface area contributed by atoms with Crippen LogP contribution in [0.25, 0.3) is 0 Å². The van der Waals surface area contributed by atoms with Crippen molar-refractivity contribution < 1.29 is 4.74 Å². The fourth-order valence-electron chi connectivity index (χ4n) is 3.55. The summed E-state index contributed by atoms with van der Waals surface area (Å²) in [7, 11) is 1.73. The number of aliphatic imine (C=N–C) groups is 1. The van der Waals surface area contributed by atoms with Crippen LogP contribution in [0.15, 0.2) is 23.2 Å². The Kier molecular flexibility index (Phi) is 12.6. The number of benzene rings is 1. The zero-order valence-electron chi connectivity index (χ0n) is 18.8. The zero-order valence-corrected chi connectivity index (χ0v) is 21.2. The Morgan fingerprint density at radius 3 is 2.52 bits per heavy atom. The van der Waals surface area contributed by atoms with Gasteiger partial charge in [-0.1, -0.05) is 19.1 Å². The molecule has 0 aromatic heterocycles. The Morgan fingerprint density at radius 2 is 1.90 bits per heavy atom. The minimum atomic E-state index is 0. The van der Waals surface area contributed by atoms with Crippen molar-refractivity contribution in [1.82, 2.24) is 20.4 Å². The topological polar surface area (TPSA) is 52.1 Å². The van der Waals surface area contributed by atoms with Crippen molar-refractivity contribution in [3.05, 3.63) is 29.3 Å². The van der Waals surface area contributed by atoms with Crippen LogP contribution >= 0.6 is 24.0 Å². The number of likely N-dealkylation sites (N-methyl/N-ethyl adjacent to an activating group) is 1. The third-order valence-electron chi connectivity index (χ3n) is 5.51. The molecular formula is C22H40IN5O. The summed E-state index contributed by atoms with van der Waals surface area (Å²) >= 11 is 0. The third kappa shape index (κ3) is 8.68. The minimum absolute atomic E-state index is 0. The molecule has 29 heavy (non-hydrogen) atoms. The van der Waals surface area contributed by atoms with Crippen LogP contribution in [0.5, 0.6) is 5.75 Å². The number of nitrogens with zero attached hydrogens (tertiary/aromatic N) is 3. The molecule has 7 heteroatoms. The van der Waals surface area contributed by atoms with E-state index in [9.17, 15) is 0 Å². The van der Waals surface area contributed by atoms with Gasteiger partial charge in [0.15, 0.2) is 5.96 Å². The average Bonchev–Trinajstić information content (AvgIpc) is 2.73. The first-order valence-corrected chi connectivity index (χ1v) is 10.7. The van der Waals surface area contributed by atoms with Gasteiger partial charge in [-0.2, -0.15) is 0 Å². The second kappa shape index (κ2) is 14.0. The summed E-state index contributed by atoms with van der Waals surface area (Å²) in [6.07, 6.45) is 0.940.